The SMILES string of the molecule is CC(Oc1ccc(CN)cc1)c1cnccn1. The summed E-state index contributed by atoms with van der Waals surface area (Å²) in [7, 11) is 0. The molecule has 0 fully saturated rings. The molecule has 1 atom stereocenters. The van der Waals surface area contributed by atoms with Crippen molar-refractivity contribution >= 4 is 0 Å². The maximum atomic E-state index is 5.76. The molecule has 88 valence electrons. The minimum Gasteiger partial charge on any atom is -0.484 e. The van der Waals surface area contributed by atoms with Gasteiger partial charge in [-0.05, 0) is 24.6 Å². The molecule has 0 amide bonds. The van der Waals surface area contributed by atoms with Crippen LogP contribution in [-0.2, 0) is 6.54 Å². The molecule has 4 nitrogen and oxygen atoms in total. The van der Waals surface area contributed by atoms with Gasteiger partial charge in [0.05, 0.1) is 11.9 Å². The highest BCUT2D eigenvalue weighted by Crippen LogP contribution is 2.19. The molecule has 2 rings (SSSR count). The van der Waals surface area contributed by atoms with Crippen molar-refractivity contribution in [3.63, 3.8) is 0 Å². The topological polar surface area (TPSA) is 61.0 Å². The van der Waals surface area contributed by atoms with E-state index < -0.39 is 0 Å². The van der Waals surface area contributed by atoms with Crippen molar-refractivity contribution in [2.24, 2.45) is 5.73 Å². The summed E-state index contributed by atoms with van der Waals surface area (Å²) >= 11 is 0. The van der Waals surface area contributed by atoms with Crippen LogP contribution in [-0.4, -0.2) is 9.97 Å². The second-order valence-corrected chi connectivity index (χ2v) is 3.74. The summed E-state index contributed by atoms with van der Waals surface area (Å²) in [6.45, 7) is 2.49. The van der Waals surface area contributed by atoms with Gasteiger partial charge in [-0.1, -0.05) is 12.1 Å². The molecule has 1 aromatic carbocycles. The monoisotopic (exact) mass is 229 g/mol. The van der Waals surface area contributed by atoms with Crippen molar-refractivity contribution in [3.05, 3.63) is 54.1 Å². The number of nitrogens with two attached hydrogens (primary N) is 1. The first-order valence-corrected chi connectivity index (χ1v) is 5.51. The molecule has 1 unspecified atom stereocenters. The third-order valence-electron chi connectivity index (χ3n) is 2.47. The Morgan fingerprint density at radius 3 is 2.59 bits per heavy atom. The van der Waals surface area contributed by atoms with Gasteiger partial charge in [0.25, 0.3) is 0 Å². The van der Waals surface area contributed by atoms with E-state index in [1.165, 1.54) is 0 Å². The van der Waals surface area contributed by atoms with Gasteiger partial charge in [0.2, 0.25) is 0 Å². The van der Waals surface area contributed by atoms with Crippen molar-refractivity contribution in [2.45, 2.75) is 19.6 Å². The molecule has 2 N–H and O–H groups in total. The van der Waals surface area contributed by atoms with Crippen molar-refractivity contribution in [3.8, 4) is 5.75 Å². The number of ether oxygens (including phenoxy) is 1. The number of aromatic nitrogens is 2. The molecule has 0 spiro atoms. The molecule has 0 saturated heterocycles. The fourth-order valence-electron chi connectivity index (χ4n) is 1.49. The Kier molecular flexibility index (Phi) is 3.67. The summed E-state index contributed by atoms with van der Waals surface area (Å²) < 4.78 is 5.76. The van der Waals surface area contributed by atoms with Gasteiger partial charge in [0, 0.05) is 18.9 Å². The summed E-state index contributed by atoms with van der Waals surface area (Å²) in [5.74, 6) is 0.806. The molecule has 0 aliphatic carbocycles. The van der Waals surface area contributed by atoms with Crippen molar-refractivity contribution in [1.29, 1.82) is 0 Å². The van der Waals surface area contributed by atoms with E-state index in [9.17, 15) is 0 Å². The smallest absolute Gasteiger partial charge is 0.139 e. The van der Waals surface area contributed by atoms with Crippen LogP contribution >= 0.6 is 0 Å². The van der Waals surface area contributed by atoms with Gasteiger partial charge in [0.15, 0.2) is 0 Å². The molecule has 0 aliphatic rings. The lowest BCUT2D eigenvalue weighted by Gasteiger charge is -2.13. The molecule has 17 heavy (non-hydrogen) atoms. The molecule has 4 heteroatoms. The van der Waals surface area contributed by atoms with E-state index in [1.54, 1.807) is 18.6 Å². The van der Waals surface area contributed by atoms with E-state index in [2.05, 4.69) is 9.97 Å². The van der Waals surface area contributed by atoms with Crippen LogP contribution in [0.15, 0.2) is 42.9 Å². The summed E-state index contributed by atoms with van der Waals surface area (Å²) in [5, 5.41) is 0. The zero-order valence-electron chi connectivity index (χ0n) is 9.71. The third kappa shape index (κ3) is 3.01. The molecular weight excluding hydrogens is 214 g/mol. The maximum absolute atomic E-state index is 5.76. The highest BCUT2D eigenvalue weighted by Gasteiger charge is 2.08. The fourth-order valence-corrected chi connectivity index (χ4v) is 1.49. The molecule has 1 aromatic heterocycles. The van der Waals surface area contributed by atoms with Crippen molar-refractivity contribution < 1.29 is 4.74 Å². The minimum absolute atomic E-state index is 0.118. The quantitative estimate of drug-likeness (QED) is 0.871. The minimum atomic E-state index is -0.118. The fraction of sp³-hybridized carbons (Fsp3) is 0.231. The third-order valence-corrected chi connectivity index (χ3v) is 2.47. The largest absolute Gasteiger partial charge is 0.484 e. The van der Waals surface area contributed by atoms with Crippen LogP contribution in [0.1, 0.15) is 24.3 Å². The van der Waals surface area contributed by atoms with Crippen LogP contribution in [0.2, 0.25) is 0 Å². The molecule has 2 aromatic rings. The van der Waals surface area contributed by atoms with E-state index in [0.29, 0.717) is 6.54 Å². The van der Waals surface area contributed by atoms with Crippen LogP contribution in [0.25, 0.3) is 0 Å². The van der Waals surface area contributed by atoms with Gasteiger partial charge >= 0.3 is 0 Å². The Hall–Kier alpha value is -1.94. The Morgan fingerprint density at radius 2 is 2.00 bits per heavy atom. The lowest BCUT2D eigenvalue weighted by atomic mass is 10.2. The van der Waals surface area contributed by atoms with E-state index >= 15 is 0 Å². The highest BCUT2D eigenvalue weighted by atomic mass is 16.5. The van der Waals surface area contributed by atoms with Crippen LogP contribution in [0, 0.1) is 0 Å². The summed E-state index contributed by atoms with van der Waals surface area (Å²) in [6, 6.07) is 7.74. The van der Waals surface area contributed by atoms with E-state index in [4.69, 9.17) is 10.5 Å². The lowest BCUT2D eigenvalue weighted by Crippen LogP contribution is -2.05. The zero-order valence-corrected chi connectivity index (χ0v) is 9.71. The molecule has 0 aliphatic heterocycles. The molecule has 0 bridgehead atoms. The van der Waals surface area contributed by atoms with Gasteiger partial charge in [-0.2, -0.15) is 0 Å². The van der Waals surface area contributed by atoms with Gasteiger partial charge < -0.3 is 10.5 Å². The maximum Gasteiger partial charge on any atom is 0.139 e. The average Bonchev–Trinajstić information content (AvgIpc) is 2.40. The Bertz CT molecular complexity index is 456. The second kappa shape index (κ2) is 5.41. The normalized spacial score (nSPS) is 12.1. The second-order valence-electron chi connectivity index (χ2n) is 3.74. The molecule has 0 radical (unpaired) electrons. The van der Waals surface area contributed by atoms with Crippen molar-refractivity contribution in [1.82, 2.24) is 9.97 Å². The van der Waals surface area contributed by atoms with Crippen LogP contribution in [0.3, 0.4) is 0 Å². The predicted molar refractivity (Wildman–Crippen MR) is 65.4 cm³/mol. The average molecular weight is 229 g/mol. The Morgan fingerprint density at radius 1 is 1.24 bits per heavy atom. The molecule has 0 saturated carbocycles. The first-order chi connectivity index (χ1) is 8.29. The van der Waals surface area contributed by atoms with E-state index in [1.807, 2.05) is 31.2 Å². The van der Waals surface area contributed by atoms with Gasteiger partial charge in [0.1, 0.15) is 11.9 Å². The number of rotatable bonds is 4. The molecule has 1 heterocycles. The number of hydrogen-bond donors (Lipinski definition) is 1. The lowest BCUT2D eigenvalue weighted by molar-refractivity contribution is 0.221. The Labute approximate surface area is 100 Å². The van der Waals surface area contributed by atoms with Crippen molar-refractivity contribution in [2.75, 3.05) is 0 Å². The Balaban J connectivity index is 2.05. The number of nitrogens with zero attached hydrogens (tertiary/aromatic N) is 2. The van der Waals surface area contributed by atoms with Crippen LogP contribution in [0.4, 0.5) is 0 Å². The van der Waals surface area contributed by atoms with E-state index in [0.717, 1.165) is 17.0 Å². The van der Waals surface area contributed by atoms with Crippen LogP contribution in [0.5, 0.6) is 5.75 Å². The van der Waals surface area contributed by atoms with Gasteiger partial charge in [-0.3, -0.25) is 9.97 Å². The summed E-state index contributed by atoms with van der Waals surface area (Å²) in [5.41, 5.74) is 7.44. The predicted octanol–water partition coefficient (Wildman–Crippen LogP) is 2.08. The molecular formula is C13H15N3O. The zero-order chi connectivity index (χ0) is 12.1. The summed E-state index contributed by atoms with van der Waals surface area (Å²) in [4.78, 5) is 8.22. The highest BCUT2D eigenvalue weighted by molar-refractivity contribution is 5.27. The summed E-state index contributed by atoms with van der Waals surface area (Å²) in [6.07, 6.45) is 4.89. The standard InChI is InChI=1S/C13H15N3O/c1-10(13-9-15-6-7-16-13)17-12-4-2-11(8-14)3-5-12/h2-7,9-10H,8,14H2,1H3. The number of hydrogen-bond acceptors (Lipinski definition) is 4. The first-order valence-electron chi connectivity index (χ1n) is 5.51. The van der Waals surface area contributed by atoms with E-state index in [-0.39, 0.29) is 6.10 Å². The van der Waals surface area contributed by atoms with Crippen LogP contribution < -0.4 is 10.5 Å². The van der Waals surface area contributed by atoms with Gasteiger partial charge in [-0.15, -0.1) is 0 Å². The first kappa shape index (κ1) is 11.5. The number of benzene rings is 1. The van der Waals surface area contributed by atoms with Gasteiger partial charge in [-0.25, -0.2) is 0 Å².